The van der Waals surface area contributed by atoms with Gasteiger partial charge in [0.25, 0.3) is 0 Å². The lowest BCUT2D eigenvalue weighted by atomic mass is 9.98. The Kier molecular flexibility index (Phi) is 3.76. The molecule has 2 atom stereocenters. The van der Waals surface area contributed by atoms with Crippen LogP contribution in [-0.4, -0.2) is 26.1 Å². The first-order valence-electron chi connectivity index (χ1n) is 6.94. The molecule has 2 aromatic rings. The lowest BCUT2D eigenvalue weighted by molar-refractivity contribution is 0.224. The second kappa shape index (κ2) is 5.58. The van der Waals surface area contributed by atoms with E-state index in [4.69, 9.17) is 9.88 Å². The third-order valence-corrected chi connectivity index (χ3v) is 4.74. The number of nitrogens with two attached hydrogens (primary N) is 1. The molecule has 0 spiro atoms. The zero-order valence-corrected chi connectivity index (χ0v) is 12.9. The summed E-state index contributed by atoms with van der Waals surface area (Å²) in [4.78, 5) is 4.04. The van der Waals surface area contributed by atoms with Crippen LogP contribution in [0.3, 0.4) is 0 Å². The van der Waals surface area contributed by atoms with Gasteiger partial charge in [0.1, 0.15) is 22.6 Å². The van der Waals surface area contributed by atoms with Crippen molar-refractivity contribution in [1.82, 2.24) is 4.98 Å². The first-order valence-corrected chi connectivity index (χ1v) is 8.48. The molecular weight excluding hydrogens is 302 g/mol. The Morgan fingerprint density at radius 1 is 1.27 bits per heavy atom. The molecule has 0 bridgehead atoms. The van der Waals surface area contributed by atoms with E-state index in [9.17, 15) is 8.42 Å². The number of hydrogen-bond acceptors (Lipinski definition) is 5. The van der Waals surface area contributed by atoms with E-state index < -0.39 is 10.0 Å². The number of nitrogens with one attached hydrogen (secondary N) is 1. The number of para-hydroxylation sites is 1. The van der Waals surface area contributed by atoms with Gasteiger partial charge in [0.2, 0.25) is 10.0 Å². The van der Waals surface area contributed by atoms with Crippen molar-refractivity contribution in [1.29, 1.82) is 0 Å². The summed E-state index contributed by atoms with van der Waals surface area (Å²) >= 11 is 0. The molecule has 1 aliphatic heterocycles. The predicted octanol–water partition coefficient (Wildman–Crippen LogP) is 1.71. The summed E-state index contributed by atoms with van der Waals surface area (Å²) in [7, 11) is -3.81. The van der Waals surface area contributed by atoms with Crippen molar-refractivity contribution < 1.29 is 13.2 Å². The Bertz CT molecular complexity index is 792. The van der Waals surface area contributed by atoms with Gasteiger partial charge in [0.15, 0.2) is 0 Å². The number of rotatable bonds is 4. The maximum absolute atomic E-state index is 11.6. The van der Waals surface area contributed by atoms with Crippen LogP contribution in [0.5, 0.6) is 5.75 Å². The summed E-state index contributed by atoms with van der Waals surface area (Å²) in [6.07, 6.45) is 1.43. The average molecular weight is 319 g/mol. The Labute approximate surface area is 129 Å². The quantitative estimate of drug-likeness (QED) is 0.894. The Morgan fingerprint density at radius 3 is 2.77 bits per heavy atom. The number of nitrogens with zero attached hydrogens (tertiary/aromatic N) is 1. The number of fused-ring (bicyclic) bond motifs is 1. The van der Waals surface area contributed by atoms with E-state index in [0.717, 1.165) is 11.3 Å². The molecule has 0 amide bonds. The summed E-state index contributed by atoms with van der Waals surface area (Å²) in [5, 5.41) is 8.23. The molecule has 0 fully saturated rings. The van der Waals surface area contributed by atoms with Gasteiger partial charge in [-0.2, -0.15) is 0 Å². The highest BCUT2D eigenvalue weighted by Crippen LogP contribution is 2.37. The van der Waals surface area contributed by atoms with Crippen molar-refractivity contribution in [3.05, 3.63) is 48.2 Å². The van der Waals surface area contributed by atoms with Crippen molar-refractivity contribution >= 4 is 15.8 Å². The average Bonchev–Trinajstić information content (AvgIpc) is 2.81. The lowest BCUT2D eigenvalue weighted by Gasteiger charge is -2.17. The molecule has 3 N–H and O–H groups in total. The second-order valence-corrected chi connectivity index (χ2v) is 6.79. The molecule has 1 aliphatic rings. The fraction of sp³-hybridized carbons (Fsp3) is 0.267. The molecule has 6 nitrogen and oxygen atoms in total. The highest BCUT2D eigenvalue weighted by atomic mass is 32.2. The molecule has 3 rings (SSSR count). The minimum Gasteiger partial charge on any atom is -0.488 e. The molecule has 7 heteroatoms. The van der Waals surface area contributed by atoms with Crippen molar-refractivity contribution in [2.45, 2.75) is 23.8 Å². The topological polar surface area (TPSA) is 94.3 Å². The largest absolute Gasteiger partial charge is 0.488 e. The van der Waals surface area contributed by atoms with Crippen molar-refractivity contribution in [2.24, 2.45) is 5.14 Å². The van der Waals surface area contributed by atoms with E-state index in [0.29, 0.717) is 6.54 Å². The van der Waals surface area contributed by atoms with E-state index in [1.165, 1.54) is 18.3 Å². The number of anilines is 1. The maximum Gasteiger partial charge on any atom is 0.241 e. The van der Waals surface area contributed by atoms with Gasteiger partial charge in [0.05, 0.1) is 6.54 Å². The Balaban J connectivity index is 1.76. The van der Waals surface area contributed by atoms with E-state index in [-0.39, 0.29) is 22.7 Å². The first-order chi connectivity index (χ1) is 10.5. The van der Waals surface area contributed by atoms with Crippen molar-refractivity contribution in [3.8, 4) is 5.75 Å². The number of aromatic nitrogens is 1. The number of ether oxygens (including phenoxy) is 1. The SMILES string of the molecule is C[C@@H]1c2ccccc2O[C@@H]1CNc1ncccc1S(N)(=O)=O. The third kappa shape index (κ3) is 2.77. The number of primary sulfonamides is 1. The second-order valence-electron chi connectivity index (χ2n) is 5.26. The van der Waals surface area contributed by atoms with Crippen molar-refractivity contribution in [3.63, 3.8) is 0 Å². The molecule has 2 heterocycles. The van der Waals surface area contributed by atoms with Crippen LogP contribution in [0.2, 0.25) is 0 Å². The van der Waals surface area contributed by atoms with Gasteiger partial charge in [0, 0.05) is 17.7 Å². The molecule has 1 aromatic heterocycles. The van der Waals surface area contributed by atoms with Gasteiger partial charge in [-0.1, -0.05) is 25.1 Å². The van der Waals surface area contributed by atoms with Crippen LogP contribution in [0, 0.1) is 0 Å². The summed E-state index contributed by atoms with van der Waals surface area (Å²) in [5.74, 6) is 1.33. The van der Waals surface area contributed by atoms with E-state index in [2.05, 4.69) is 17.2 Å². The van der Waals surface area contributed by atoms with Crippen LogP contribution in [0.15, 0.2) is 47.5 Å². The Morgan fingerprint density at radius 2 is 2.05 bits per heavy atom. The zero-order valence-electron chi connectivity index (χ0n) is 12.1. The highest BCUT2D eigenvalue weighted by molar-refractivity contribution is 7.89. The number of pyridine rings is 1. The van der Waals surface area contributed by atoms with Crippen LogP contribution >= 0.6 is 0 Å². The smallest absolute Gasteiger partial charge is 0.241 e. The monoisotopic (exact) mass is 319 g/mol. The number of hydrogen-bond donors (Lipinski definition) is 2. The van der Waals surface area contributed by atoms with Crippen LogP contribution in [-0.2, 0) is 10.0 Å². The third-order valence-electron chi connectivity index (χ3n) is 3.79. The fourth-order valence-corrected chi connectivity index (χ4v) is 3.26. The van der Waals surface area contributed by atoms with Gasteiger partial charge >= 0.3 is 0 Å². The summed E-state index contributed by atoms with van der Waals surface area (Å²) in [6.45, 7) is 2.52. The summed E-state index contributed by atoms with van der Waals surface area (Å²) in [6, 6.07) is 10.8. The van der Waals surface area contributed by atoms with E-state index >= 15 is 0 Å². The molecule has 22 heavy (non-hydrogen) atoms. The summed E-state index contributed by atoms with van der Waals surface area (Å²) < 4.78 is 29.0. The minimum absolute atomic E-state index is 0.0156. The molecule has 0 unspecified atom stereocenters. The lowest BCUT2D eigenvalue weighted by Crippen LogP contribution is -2.28. The molecule has 0 saturated carbocycles. The fourth-order valence-electron chi connectivity index (χ4n) is 2.60. The maximum atomic E-state index is 11.6. The van der Waals surface area contributed by atoms with Crippen molar-refractivity contribution in [2.75, 3.05) is 11.9 Å². The van der Waals surface area contributed by atoms with Crippen LogP contribution in [0.4, 0.5) is 5.82 Å². The number of sulfonamides is 1. The van der Waals surface area contributed by atoms with Crippen LogP contribution in [0.1, 0.15) is 18.4 Å². The Hall–Kier alpha value is -2.12. The molecule has 116 valence electrons. The molecule has 1 aromatic carbocycles. The molecular formula is C15H17N3O3S. The van der Waals surface area contributed by atoms with Gasteiger partial charge in [-0.05, 0) is 18.2 Å². The van der Waals surface area contributed by atoms with Crippen LogP contribution in [0.25, 0.3) is 0 Å². The predicted molar refractivity (Wildman–Crippen MR) is 83.4 cm³/mol. The molecule has 0 aliphatic carbocycles. The highest BCUT2D eigenvalue weighted by Gasteiger charge is 2.30. The van der Waals surface area contributed by atoms with Gasteiger partial charge in [-0.3, -0.25) is 0 Å². The minimum atomic E-state index is -3.81. The standard InChI is InChI=1S/C15H17N3O3S/c1-10-11-5-2-3-6-12(11)21-13(10)9-18-15-14(22(16,19)20)7-4-8-17-15/h2-8,10,13H,9H2,1H3,(H,17,18)(H2,16,19,20)/t10-,13-/m1/s1. The first kappa shape index (κ1) is 14.8. The van der Waals surface area contributed by atoms with Gasteiger partial charge in [-0.15, -0.1) is 0 Å². The van der Waals surface area contributed by atoms with E-state index in [1.807, 2.05) is 24.3 Å². The number of benzene rings is 1. The molecule has 0 radical (unpaired) electrons. The van der Waals surface area contributed by atoms with Gasteiger partial charge in [-0.25, -0.2) is 18.5 Å². The normalized spacial score (nSPS) is 20.3. The zero-order chi connectivity index (χ0) is 15.7. The van der Waals surface area contributed by atoms with Crippen LogP contribution < -0.4 is 15.2 Å². The van der Waals surface area contributed by atoms with Gasteiger partial charge < -0.3 is 10.1 Å². The summed E-state index contributed by atoms with van der Waals surface area (Å²) in [5.41, 5.74) is 1.15. The molecule has 0 saturated heterocycles. The van der Waals surface area contributed by atoms with E-state index in [1.54, 1.807) is 0 Å².